The standard InChI is InChI=1S/C17H32N4O6Si/c1-10(22)19-14-13(20-21-18)15(26-11(2)23)12(27-16(14)24-6)9-25-28(7,8)17(3,4)5/h12-16H,9H2,1-8H3,(H,19,22)/t12-,13+,14-,15-,16-/m1/s1. The fourth-order valence-electron chi connectivity index (χ4n) is 2.69. The average Bonchev–Trinajstić information content (AvgIpc) is 2.55. The molecule has 1 aliphatic heterocycles. The Balaban J connectivity index is 3.20. The van der Waals surface area contributed by atoms with Crippen LogP contribution in [0.5, 0.6) is 0 Å². The summed E-state index contributed by atoms with van der Waals surface area (Å²) in [6, 6.07) is -1.73. The van der Waals surface area contributed by atoms with Crippen molar-refractivity contribution in [3.05, 3.63) is 10.4 Å². The monoisotopic (exact) mass is 416 g/mol. The second-order valence-electron chi connectivity index (χ2n) is 8.35. The SMILES string of the molecule is CO[C@@H]1O[C@H](CO[Si](C)(C)C(C)(C)C)[C@@H](OC(C)=O)[C@@H](N=[N+]=[N-])[C@H]1NC(C)=O. The minimum atomic E-state index is -2.11. The summed E-state index contributed by atoms with van der Waals surface area (Å²) in [5, 5.41) is 6.41. The van der Waals surface area contributed by atoms with Gasteiger partial charge in [-0.3, -0.25) is 9.59 Å². The molecule has 1 heterocycles. The number of hydrogen-bond donors (Lipinski definition) is 1. The van der Waals surface area contributed by atoms with Gasteiger partial charge in [-0.25, -0.2) is 0 Å². The highest BCUT2D eigenvalue weighted by atomic mass is 28.4. The number of esters is 1. The summed E-state index contributed by atoms with van der Waals surface area (Å²) < 4.78 is 23.0. The highest BCUT2D eigenvalue weighted by Gasteiger charge is 2.49. The third kappa shape index (κ3) is 6.18. The first kappa shape index (κ1) is 24.4. The van der Waals surface area contributed by atoms with Gasteiger partial charge < -0.3 is 24.0 Å². The normalized spacial score (nSPS) is 28.2. The van der Waals surface area contributed by atoms with E-state index in [2.05, 4.69) is 49.2 Å². The van der Waals surface area contributed by atoms with Gasteiger partial charge in [0.15, 0.2) is 14.6 Å². The van der Waals surface area contributed by atoms with E-state index in [9.17, 15) is 9.59 Å². The molecule has 11 heteroatoms. The van der Waals surface area contributed by atoms with Gasteiger partial charge in [0.25, 0.3) is 0 Å². The molecule has 0 aliphatic carbocycles. The van der Waals surface area contributed by atoms with E-state index < -0.39 is 44.9 Å². The Morgan fingerprint density at radius 1 is 1.29 bits per heavy atom. The molecule has 0 bridgehead atoms. The highest BCUT2D eigenvalue weighted by molar-refractivity contribution is 6.74. The molecule has 1 amide bonds. The highest BCUT2D eigenvalue weighted by Crippen LogP contribution is 2.37. The molecule has 0 saturated carbocycles. The van der Waals surface area contributed by atoms with Crippen LogP contribution in [0.4, 0.5) is 0 Å². The molecule has 0 unspecified atom stereocenters. The summed E-state index contributed by atoms with van der Waals surface area (Å²) in [5.74, 6) is -0.909. The minimum Gasteiger partial charge on any atom is -0.459 e. The molecule has 0 radical (unpaired) electrons. The first-order valence-electron chi connectivity index (χ1n) is 9.14. The first-order valence-corrected chi connectivity index (χ1v) is 12.1. The summed E-state index contributed by atoms with van der Waals surface area (Å²) in [6.07, 6.45) is -2.54. The van der Waals surface area contributed by atoms with E-state index in [-0.39, 0.29) is 17.6 Å². The van der Waals surface area contributed by atoms with Crippen LogP contribution in [0.15, 0.2) is 5.11 Å². The van der Waals surface area contributed by atoms with E-state index in [4.69, 9.17) is 24.2 Å². The number of carbonyl (C=O) groups is 2. The topological polar surface area (TPSA) is 132 Å². The van der Waals surface area contributed by atoms with Crippen LogP contribution < -0.4 is 5.32 Å². The van der Waals surface area contributed by atoms with Gasteiger partial charge in [-0.1, -0.05) is 25.9 Å². The van der Waals surface area contributed by atoms with Gasteiger partial charge >= 0.3 is 5.97 Å². The second kappa shape index (κ2) is 9.70. The molecular formula is C17H32N4O6Si. The maximum absolute atomic E-state index is 11.7. The van der Waals surface area contributed by atoms with E-state index in [1.165, 1.54) is 21.0 Å². The van der Waals surface area contributed by atoms with E-state index in [1.807, 2.05) is 0 Å². The molecule has 160 valence electrons. The molecule has 1 saturated heterocycles. The molecule has 0 aromatic heterocycles. The summed E-state index contributed by atoms with van der Waals surface area (Å²) in [4.78, 5) is 26.2. The van der Waals surface area contributed by atoms with Crippen molar-refractivity contribution in [2.75, 3.05) is 13.7 Å². The van der Waals surface area contributed by atoms with Gasteiger partial charge in [0.05, 0.1) is 12.6 Å². The molecule has 1 aliphatic rings. The van der Waals surface area contributed by atoms with Crippen molar-refractivity contribution in [2.45, 2.75) is 83.3 Å². The summed E-state index contributed by atoms with van der Waals surface area (Å²) in [7, 11) is -0.688. The van der Waals surface area contributed by atoms with Crippen LogP contribution >= 0.6 is 0 Å². The van der Waals surface area contributed by atoms with Gasteiger partial charge in [-0.05, 0) is 23.7 Å². The van der Waals surface area contributed by atoms with E-state index >= 15 is 0 Å². The van der Waals surface area contributed by atoms with Gasteiger partial charge in [-0.2, -0.15) is 0 Å². The van der Waals surface area contributed by atoms with Crippen LogP contribution in [0.3, 0.4) is 0 Å². The number of nitrogens with zero attached hydrogens (tertiary/aromatic N) is 3. The van der Waals surface area contributed by atoms with Crippen LogP contribution in [0.25, 0.3) is 10.4 Å². The average molecular weight is 417 g/mol. The zero-order valence-corrected chi connectivity index (χ0v) is 18.9. The lowest BCUT2D eigenvalue weighted by molar-refractivity contribution is -0.242. The van der Waals surface area contributed by atoms with Crippen LogP contribution in [-0.2, 0) is 28.2 Å². The molecule has 1 rings (SSSR count). The van der Waals surface area contributed by atoms with E-state index in [0.717, 1.165) is 0 Å². The Morgan fingerprint density at radius 2 is 1.89 bits per heavy atom. The summed E-state index contributed by atoms with van der Waals surface area (Å²) in [5.41, 5.74) is 9.03. The lowest BCUT2D eigenvalue weighted by Gasteiger charge is -2.45. The quantitative estimate of drug-likeness (QED) is 0.223. The van der Waals surface area contributed by atoms with Crippen molar-refractivity contribution in [2.24, 2.45) is 5.11 Å². The van der Waals surface area contributed by atoms with Gasteiger partial charge in [-0.15, -0.1) is 0 Å². The van der Waals surface area contributed by atoms with E-state index in [0.29, 0.717) is 0 Å². The lowest BCUT2D eigenvalue weighted by Crippen LogP contribution is -2.65. The van der Waals surface area contributed by atoms with Crippen molar-refractivity contribution >= 4 is 20.2 Å². The third-order valence-corrected chi connectivity index (χ3v) is 9.68. The number of amides is 1. The fraction of sp³-hybridized carbons (Fsp3) is 0.882. The summed E-state index contributed by atoms with van der Waals surface area (Å²) in [6.45, 7) is 13.2. The zero-order valence-electron chi connectivity index (χ0n) is 17.9. The molecule has 28 heavy (non-hydrogen) atoms. The lowest BCUT2D eigenvalue weighted by atomic mass is 9.94. The van der Waals surface area contributed by atoms with Gasteiger partial charge in [0.1, 0.15) is 18.2 Å². The molecule has 1 fully saturated rings. The number of nitrogens with one attached hydrogen (secondary N) is 1. The fourth-order valence-corrected chi connectivity index (χ4v) is 3.70. The van der Waals surface area contributed by atoms with Crippen molar-refractivity contribution in [3.63, 3.8) is 0 Å². The molecule has 0 spiro atoms. The maximum atomic E-state index is 11.7. The van der Waals surface area contributed by atoms with E-state index in [1.54, 1.807) is 0 Å². The Morgan fingerprint density at radius 3 is 2.32 bits per heavy atom. The van der Waals surface area contributed by atoms with Gasteiger partial charge in [0, 0.05) is 25.9 Å². The number of carbonyl (C=O) groups excluding carboxylic acids is 2. The Kier molecular flexibility index (Phi) is 8.45. The predicted octanol–water partition coefficient (Wildman–Crippen LogP) is 2.49. The van der Waals surface area contributed by atoms with Crippen LogP contribution in [0.1, 0.15) is 34.6 Å². The number of methoxy groups -OCH3 is 1. The molecule has 0 aromatic rings. The Labute approximate surface area is 167 Å². The van der Waals surface area contributed by atoms with Crippen molar-refractivity contribution in [1.82, 2.24) is 5.32 Å². The van der Waals surface area contributed by atoms with Crippen LogP contribution in [0.2, 0.25) is 18.1 Å². The first-order chi connectivity index (χ1) is 12.8. The predicted molar refractivity (Wildman–Crippen MR) is 105 cm³/mol. The Bertz CT molecular complexity index is 617. The Hall–Kier alpha value is -1.65. The van der Waals surface area contributed by atoms with Crippen LogP contribution in [-0.4, -0.2) is 64.5 Å². The largest absolute Gasteiger partial charge is 0.459 e. The molecular weight excluding hydrogens is 384 g/mol. The summed E-state index contributed by atoms with van der Waals surface area (Å²) >= 11 is 0. The molecule has 5 atom stereocenters. The molecule has 1 N–H and O–H groups in total. The third-order valence-electron chi connectivity index (χ3n) is 5.18. The van der Waals surface area contributed by atoms with Crippen LogP contribution in [0, 0.1) is 0 Å². The van der Waals surface area contributed by atoms with Gasteiger partial charge in [0.2, 0.25) is 5.91 Å². The van der Waals surface area contributed by atoms with Crippen molar-refractivity contribution in [1.29, 1.82) is 0 Å². The second-order valence-corrected chi connectivity index (χ2v) is 13.2. The number of ether oxygens (including phenoxy) is 3. The zero-order chi connectivity index (χ0) is 21.7. The van der Waals surface area contributed by atoms with Crippen molar-refractivity contribution < 1.29 is 28.2 Å². The number of azide groups is 1. The molecule has 10 nitrogen and oxygen atoms in total. The number of rotatable bonds is 7. The number of hydrogen-bond acceptors (Lipinski definition) is 7. The molecule has 0 aromatic carbocycles. The smallest absolute Gasteiger partial charge is 0.303 e. The minimum absolute atomic E-state index is 0.0256. The maximum Gasteiger partial charge on any atom is 0.303 e. The van der Waals surface area contributed by atoms with Crippen molar-refractivity contribution in [3.8, 4) is 0 Å².